The van der Waals surface area contributed by atoms with Gasteiger partial charge in [-0.15, -0.1) is 0 Å². The van der Waals surface area contributed by atoms with Gasteiger partial charge in [0.15, 0.2) is 23.9 Å². The van der Waals surface area contributed by atoms with Crippen molar-refractivity contribution in [2.75, 3.05) is 44.8 Å². The molecule has 0 N–H and O–H groups in total. The standard InChI is InChI=1S/C22H24N4O3/c1-16-22(24-18-8-4-3-7-17(18)23-16)26-13-11-25(12-14-26)21(27)15-29-20-10-6-5-9-19(20)28-2/h3-10H,11-15H2,1-2H3. The van der Waals surface area contributed by atoms with Crippen LogP contribution in [0.5, 0.6) is 11.5 Å². The Labute approximate surface area is 169 Å². The van der Waals surface area contributed by atoms with E-state index in [4.69, 9.17) is 14.5 Å². The van der Waals surface area contributed by atoms with E-state index in [0.717, 1.165) is 22.5 Å². The van der Waals surface area contributed by atoms with E-state index in [1.54, 1.807) is 13.2 Å². The molecule has 29 heavy (non-hydrogen) atoms. The molecule has 0 bridgehead atoms. The van der Waals surface area contributed by atoms with Crippen LogP contribution in [0.25, 0.3) is 11.0 Å². The summed E-state index contributed by atoms with van der Waals surface area (Å²) in [6.07, 6.45) is 0. The van der Waals surface area contributed by atoms with E-state index in [9.17, 15) is 4.79 Å². The number of amides is 1. The first-order valence-corrected chi connectivity index (χ1v) is 9.67. The number of anilines is 1. The minimum Gasteiger partial charge on any atom is -0.493 e. The van der Waals surface area contributed by atoms with Gasteiger partial charge in [0.2, 0.25) is 0 Å². The summed E-state index contributed by atoms with van der Waals surface area (Å²) in [5, 5.41) is 0. The van der Waals surface area contributed by atoms with E-state index < -0.39 is 0 Å². The molecule has 150 valence electrons. The number of carbonyl (C=O) groups excluding carboxylic acids is 1. The van der Waals surface area contributed by atoms with E-state index >= 15 is 0 Å². The van der Waals surface area contributed by atoms with Crippen LogP contribution in [-0.2, 0) is 4.79 Å². The van der Waals surface area contributed by atoms with Crippen molar-refractivity contribution < 1.29 is 14.3 Å². The van der Waals surface area contributed by atoms with Gasteiger partial charge < -0.3 is 19.3 Å². The van der Waals surface area contributed by atoms with Gasteiger partial charge in [-0.2, -0.15) is 0 Å². The number of aryl methyl sites for hydroxylation is 1. The number of methoxy groups -OCH3 is 1. The Morgan fingerprint density at radius 1 is 0.931 bits per heavy atom. The highest BCUT2D eigenvalue weighted by molar-refractivity contribution is 5.79. The normalized spacial score (nSPS) is 14.1. The topological polar surface area (TPSA) is 67.8 Å². The van der Waals surface area contributed by atoms with Crippen LogP contribution >= 0.6 is 0 Å². The van der Waals surface area contributed by atoms with Crippen LogP contribution in [0.4, 0.5) is 5.82 Å². The summed E-state index contributed by atoms with van der Waals surface area (Å²) in [6.45, 7) is 4.66. The smallest absolute Gasteiger partial charge is 0.260 e. The SMILES string of the molecule is COc1ccccc1OCC(=O)N1CCN(c2nc3ccccc3nc2C)CC1. The lowest BCUT2D eigenvalue weighted by Gasteiger charge is -2.35. The van der Waals surface area contributed by atoms with Crippen LogP contribution in [0.2, 0.25) is 0 Å². The van der Waals surface area contributed by atoms with Crippen molar-refractivity contribution in [1.82, 2.24) is 14.9 Å². The maximum absolute atomic E-state index is 12.6. The van der Waals surface area contributed by atoms with Crippen molar-refractivity contribution in [2.24, 2.45) is 0 Å². The molecular formula is C22H24N4O3. The molecule has 0 saturated carbocycles. The summed E-state index contributed by atoms with van der Waals surface area (Å²) < 4.78 is 10.9. The largest absolute Gasteiger partial charge is 0.493 e. The molecule has 2 heterocycles. The Hall–Kier alpha value is -3.35. The number of hydrogen-bond donors (Lipinski definition) is 0. The molecule has 3 aromatic rings. The molecule has 0 aliphatic carbocycles. The Morgan fingerprint density at radius 2 is 1.55 bits per heavy atom. The van der Waals surface area contributed by atoms with Gasteiger partial charge in [-0.1, -0.05) is 24.3 Å². The monoisotopic (exact) mass is 392 g/mol. The number of benzene rings is 2. The third-order valence-electron chi connectivity index (χ3n) is 5.07. The summed E-state index contributed by atoms with van der Waals surface area (Å²) >= 11 is 0. The minimum atomic E-state index is -0.0307. The third-order valence-corrected chi connectivity index (χ3v) is 5.07. The molecule has 1 amide bonds. The second kappa shape index (κ2) is 8.34. The maximum atomic E-state index is 12.6. The quantitative estimate of drug-likeness (QED) is 0.665. The third kappa shape index (κ3) is 4.08. The molecule has 7 heteroatoms. The molecule has 1 aliphatic heterocycles. The van der Waals surface area contributed by atoms with Crippen molar-refractivity contribution in [1.29, 1.82) is 0 Å². The zero-order chi connectivity index (χ0) is 20.2. The molecule has 0 radical (unpaired) electrons. The van der Waals surface area contributed by atoms with Gasteiger partial charge in [0.25, 0.3) is 5.91 Å². The summed E-state index contributed by atoms with van der Waals surface area (Å²) in [6, 6.07) is 15.2. The number of carbonyl (C=O) groups is 1. The molecular weight excluding hydrogens is 368 g/mol. The number of aromatic nitrogens is 2. The van der Waals surface area contributed by atoms with Crippen molar-refractivity contribution in [2.45, 2.75) is 6.92 Å². The lowest BCUT2D eigenvalue weighted by molar-refractivity contribution is -0.133. The summed E-state index contributed by atoms with van der Waals surface area (Å²) in [5.41, 5.74) is 2.69. The molecule has 1 fully saturated rings. The molecule has 1 aliphatic rings. The number of fused-ring (bicyclic) bond motifs is 1. The Bertz CT molecular complexity index is 1020. The van der Waals surface area contributed by atoms with Crippen LogP contribution in [0.1, 0.15) is 5.69 Å². The highest BCUT2D eigenvalue weighted by atomic mass is 16.5. The lowest BCUT2D eigenvalue weighted by Crippen LogP contribution is -2.50. The summed E-state index contributed by atoms with van der Waals surface area (Å²) in [4.78, 5) is 26.0. The van der Waals surface area contributed by atoms with Crippen LogP contribution in [0.15, 0.2) is 48.5 Å². The van der Waals surface area contributed by atoms with Crippen LogP contribution in [0, 0.1) is 6.92 Å². The van der Waals surface area contributed by atoms with Crippen molar-refractivity contribution in [3.63, 3.8) is 0 Å². The van der Waals surface area contributed by atoms with E-state index in [1.807, 2.05) is 54.3 Å². The van der Waals surface area contributed by atoms with Crippen molar-refractivity contribution in [3.8, 4) is 11.5 Å². The Morgan fingerprint density at radius 3 is 2.24 bits per heavy atom. The lowest BCUT2D eigenvalue weighted by atomic mass is 10.2. The summed E-state index contributed by atoms with van der Waals surface area (Å²) in [7, 11) is 1.58. The number of hydrogen-bond acceptors (Lipinski definition) is 6. The zero-order valence-electron chi connectivity index (χ0n) is 16.7. The average Bonchev–Trinajstić information content (AvgIpc) is 2.77. The number of rotatable bonds is 5. The van der Waals surface area contributed by atoms with E-state index in [0.29, 0.717) is 37.7 Å². The average molecular weight is 392 g/mol. The summed E-state index contributed by atoms with van der Waals surface area (Å²) in [5.74, 6) is 2.05. The van der Waals surface area contributed by atoms with Crippen molar-refractivity contribution in [3.05, 3.63) is 54.2 Å². The molecule has 1 saturated heterocycles. The molecule has 2 aromatic carbocycles. The molecule has 4 rings (SSSR count). The molecule has 7 nitrogen and oxygen atoms in total. The van der Waals surface area contributed by atoms with Gasteiger partial charge >= 0.3 is 0 Å². The number of para-hydroxylation sites is 4. The molecule has 0 atom stereocenters. The van der Waals surface area contributed by atoms with Gasteiger partial charge in [0.05, 0.1) is 23.8 Å². The van der Waals surface area contributed by atoms with Gasteiger partial charge in [0.1, 0.15) is 0 Å². The second-order valence-corrected chi connectivity index (χ2v) is 6.93. The number of nitrogens with zero attached hydrogens (tertiary/aromatic N) is 4. The van der Waals surface area contributed by atoms with E-state index in [-0.39, 0.29) is 12.5 Å². The van der Waals surface area contributed by atoms with Gasteiger partial charge in [-0.25, -0.2) is 9.97 Å². The van der Waals surface area contributed by atoms with Gasteiger partial charge in [-0.05, 0) is 31.2 Å². The Kier molecular flexibility index (Phi) is 5.46. The first-order valence-electron chi connectivity index (χ1n) is 9.67. The van der Waals surface area contributed by atoms with E-state index in [2.05, 4.69) is 9.88 Å². The van der Waals surface area contributed by atoms with Gasteiger partial charge in [0, 0.05) is 26.2 Å². The number of ether oxygens (including phenoxy) is 2. The van der Waals surface area contributed by atoms with Crippen molar-refractivity contribution >= 4 is 22.8 Å². The van der Waals surface area contributed by atoms with E-state index in [1.165, 1.54) is 0 Å². The van der Waals surface area contributed by atoms with Crippen LogP contribution < -0.4 is 14.4 Å². The van der Waals surface area contributed by atoms with Crippen LogP contribution in [-0.4, -0.2) is 60.7 Å². The number of piperazine rings is 1. The fourth-order valence-corrected chi connectivity index (χ4v) is 3.51. The second-order valence-electron chi connectivity index (χ2n) is 6.93. The Balaban J connectivity index is 1.37. The predicted octanol–water partition coefficient (Wildman–Crippen LogP) is 2.67. The first kappa shape index (κ1) is 19.0. The zero-order valence-corrected chi connectivity index (χ0v) is 16.7. The highest BCUT2D eigenvalue weighted by Gasteiger charge is 2.24. The fraction of sp³-hybridized carbons (Fsp3) is 0.318. The fourth-order valence-electron chi connectivity index (χ4n) is 3.51. The highest BCUT2D eigenvalue weighted by Crippen LogP contribution is 2.26. The predicted molar refractivity (Wildman–Crippen MR) is 112 cm³/mol. The van der Waals surface area contributed by atoms with Crippen LogP contribution in [0.3, 0.4) is 0 Å². The molecule has 0 unspecified atom stereocenters. The molecule has 0 spiro atoms. The van der Waals surface area contributed by atoms with Gasteiger partial charge in [-0.3, -0.25) is 4.79 Å². The maximum Gasteiger partial charge on any atom is 0.260 e. The molecule has 1 aromatic heterocycles. The first-order chi connectivity index (χ1) is 14.2. The minimum absolute atomic E-state index is 0.00478.